The Morgan fingerprint density at radius 3 is 2.77 bits per heavy atom. The molecule has 136 valence electrons. The van der Waals surface area contributed by atoms with Crippen molar-refractivity contribution in [1.29, 1.82) is 0 Å². The summed E-state index contributed by atoms with van der Waals surface area (Å²) in [5.41, 5.74) is 2.83. The molecule has 0 unspecified atom stereocenters. The van der Waals surface area contributed by atoms with Gasteiger partial charge in [-0.05, 0) is 51.0 Å². The molecule has 0 saturated heterocycles. The van der Waals surface area contributed by atoms with Crippen LogP contribution in [0.5, 0.6) is 0 Å². The first-order chi connectivity index (χ1) is 12.4. The van der Waals surface area contributed by atoms with Gasteiger partial charge in [0.05, 0.1) is 11.1 Å². The Morgan fingerprint density at radius 2 is 2.08 bits per heavy atom. The van der Waals surface area contributed by atoms with Crippen molar-refractivity contribution in [1.82, 2.24) is 9.55 Å². The van der Waals surface area contributed by atoms with Crippen LogP contribution in [0.15, 0.2) is 34.2 Å². The number of anilines is 1. The Kier molecular flexibility index (Phi) is 5.48. The number of benzene rings is 1. The number of aryl methyl sites for hydroxylation is 3. The van der Waals surface area contributed by atoms with Gasteiger partial charge >= 0.3 is 0 Å². The lowest BCUT2D eigenvalue weighted by molar-refractivity contribution is -0.113. The highest BCUT2D eigenvalue weighted by Gasteiger charge is 2.16. The average molecular weight is 388 g/mol. The monoisotopic (exact) mass is 387 g/mol. The molecule has 3 rings (SSSR count). The van der Waals surface area contributed by atoms with Crippen molar-refractivity contribution in [2.45, 2.75) is 39.4 Å². The summed E-state index contributed by atoms with van der Waals surface area (Å²) in [6.45, 7) is 8.38. The van der Waals surface area contributed by atoms with E-state index in [2.05, 4.69) is 10.3 Å². The van der Waals surface area contributed by atoms with E-state index in [0.717, 1.165) is 26.5 Å². The number of aromatic nitrogens is 2. The first-order valence-corrected chi connectivity index (χ1v) is 10.2. The predicted octanol–water partition coefficient (Wildman–Crippen LogP) is 4.13. The van der Waals surface area contributed by atoms with E-state index in [9.17, 15) is 9.59 Å². The van der Waals surface area contributed by atoms with Crippen molar-refractivity contribution in [3.05, 3.63) is 50.6 Å². The van der Waals surface area contributed by atoms with Gasteiger partial charge in [0.2, 0.25) is 5.91 Å². The fourth-order valence-corrected chi connectivity index (χ4v) is 4.68. The molecule has 7 heteroatoms. The van der Waals surface area contributed by atoms with E-state index >= 15 is 0 Å². The quantitative estimate of drug-likeness (QED) is 0.528. The summed E-state index contributed by atoms with van der Waals surface area (Å²) in [4.78, 5) is 31.6. The summed E-state index contributed by atoms with van der Waals surface area (Å²) in [5.74, 6) is 0.0889. The van der Waals surface area contributed by atoms with Crippen molar-refractivity contribution in [2.75, 3.05) is 11.1 Å². The van der Waals surface area contributed by atoms with Gasteiger partial charge in [0.15, 0.2) is 5.16 Å². The molecule has 3 aromatic rings. The van der Waals surface area contributed by atoms with Gasteiger partial charge in [-0.15, -0.1) is 11.3 Å². The largest absolute Gasteiger partial charge is 0.325 e. The third-order valence-electron chi connectivity index (χ3n) is 4.20. The summed E-state index contributed by atoms with van der Waals surface area (Å²) in [6.07, 6.45) is 0. The fraction of sp³-hybridized carbons (Fsp3) is 0.316. The second-order valence-corrected chi connectivity index (χ2v) is 8.26. The number of carbonyl (C=O) groups excluding carboxylic acids is 1. The first-order valence-electron chi connectivity index (χ1n) is 8.40. The molecule has 2 aromatic heterocycles. The van der Waals surface area contributed by atoms with Gasteiger partial charge in [-0.1, -0.05) is 23.9 Å². The van der Waals surface area contributed by atoms with E-state index in [0.29, 0.717) is 17.1 Å². The summed E-state index contributed by atoms with van der Waals surface area (Å²) in [6, 6.07) is 7.67. The highest BCUT2D eigenvalue weighted by Crippen LogP contribution is 2.28. The van der Waals surface area contributed by atoms with Gasteiger partial charge in [-0.3, -0.25) is 14.2 Å². The predicted molar refractivity (Wildman–Crippen MR) is 110 cm³/mol. The second kappa shape index (κ2) is 7.63. The lowest BCUT2D eigenvalue weighted by Gasteiger charge is -2.10. The molecule has 0 aliphatic rings. The average Bonchev–Trinajstić information content (AvgIpc) is 2.87. The van der Waals surface area contributed by atoms with Crippen LogP contribution in [-0.4, -0.2) is 21.2 Å². The number of hydrogen-bond donors (Lipinski definition) is 1. The molecule has 5 nitrogen and oxygen atoms in total. The van der Waals surface area contributed by atoms with Gasteiger partial charge in [0, 0.05) is 17.1 Å². The number of rotatable bonds is 5. The first kappa shape index (κ1) is 18.7. The maximum absolute atomic E-state index is 12.8. The third kappa shape index (κ3) is 3.68. The number of carbonyl (C=O) groups is 1. The summed E-state index contributed by atoms with van der Waals surface area (Å²) < 4.78 is 1.64. The smallest absolute Gasteiger partial charge is 0.263 e. The zero-order chi connectivity index (χ0) is 18.8. The molecule has 0 saturated carbocycles. The Bertz CT molecular complexity index is 1040. The Hall–Kier alpha value is -2.12. The SMILES string of the molecule is CCn1c(SCC(=O)Nc2cccc(C)c2)nc2sc(C)c(C)c2c1=O. The molecular weight excluding hydrogens is 366 g/mol. The summed E-state index contributed by atoms with van der Waals surface area (Å²) in [5, 5.41) is 4.17. The number of thiophene rings is 1. The highest BCUT2D eigenvalue weighted by molar-refractivity contribution is 7.99. The minimum Gasteiger partial charge on any atom is -0.325 e. The number of thioether (sulfide) groups is 1. The number of hydrogen-bond acceptors (Lipinski definition) is 5. The van der Waals surface area contributed by atoms with Crippen LogP contribution in [0.3, 0.4) is 0 Å². The zero-order valence-electron chi connectivity index (χ0n) is 15.3. The second-order valence-electron chi connectivity index (χ2n) is 6.11. The maximum Gasteiger partial charge on any atom is 0.263 e. The number of fused-ring (bicyclic) bond motifs is 1. The van der Waals surface area contributed by atoms with Crippen LogP contribution in [0.25, 0.3) is 10.2 Å². The topological polar surface area (TPSA) is 64.0 Å². The lowest BCUT2D eigenvalue weighted by atomic mass is 10.2. The van der Waals surface area contributed by atoms with E-state index < -0.39 is 0 Å². The van der Waals surface area contributed by atoms with Crippen LogP contribution in [0, 0.1) is 20.8 Å². The van der Waals surface area contributed by atoms with Crippen LogP contribution >= 0.6 is 23.1 Å². The van der Waals surface area contributed by atoms with Crippen molar-refractivity contribution >= 4 is 44.9 Å². The van der Waals surface area contributed by atoms with E-state index in [-0.39, 0.29) is 17.2 Å². The fourth-order valence-electron chi connectivity index (χ4n) is 2.75. The van der Waals surface area contributed by atoms with E-state index in [1.165, 1.54) is 23.1 Å². The van der Waals surface area contributed by atoms with Crippen LogP contribution < -0.4 is 10.9 Å². The summed E-state index contributed by atoms with van der Waals surface area (Å²) in [7, 11) is 0. The van der Waals surface area contributed by atoms with Crippen LogP contribution in [-0.2, 0) is 11.3 Å². The number of nitrogens with one attached hydrogen (secondary N) is 1. The molecule has 1 amide bonds. The molecule has 1 aromatic carbocycles. The molecule has 0 spiro atoms. The molecule has 0 aliphatic heterocycles. The van der Waals surface area contributed by atoms with E-state index in [1.807, 2.05) is 52.0 Å². The Balaban J connectivity index is 1.82. The number of nitrogens with zero attached hydrogens (tertiary/aromatic N) is 2. The molecule has 26 heavy (non-hydrogen) atoms. The van der Waals surface area contributed by atoms with Gasteiger partial charge in [-0.25, -0.2) is 4.98 Å². The molecule has 0 radical (unpaired) electrons. The summed E-state index contributed by atoms with van der Waals surface area (Å²) >= 11 is 2.82. The van der Waals surface area contributed by atoms with Crippen LogP contribution in [0.1, 0.15) is 22.9 Å². The molecule has 2 heterocycles. The van der Waals surface area contributed by atoms with Gasteiger partial charge in [0.1, 0.15) is 4.83 Å². The van der Waals surface area contributed by atoms with Crippen molar-refractivity contribution in [3.8, 4) is 0 Å². The van der Waals surface area contributed by atoms with Crippen molar-refractivity contribution < 1.29 is 4.79 Å². The van der Waals surface area contributed by atoms with E-state index in [4.69, 9.17) is 0 Å². The lowest BCUT2D eigenvalue weighted by Crippen LogP contribution is -2.23. The Labute approximate surface area is 160 Å². The van der Waals surface area contributed by atoms with Gasteiger partial charge in [-0.2, -0.15) is 0 Å². The third-order valence-corrected chi connectivity index (χ3v) is 6.28. The molecule has 1 N–H and O–H groups in total. The molecular formula is C19H21N3O2S2. The maximum atomic E-state index is 12.8. The minimum atomic E-state index is -0.115. The standard InChI is InChI=1S/C19H21N3O2S2/c1-5-22-18(24)16-12(3)13(4)26-17(16)21-19(22)25-10-15(23)20-14-8-6-7-11(2)9-14/h6-9H,5,10H2,1-4H3,(H,20,23). The van der Waals surface area contributed by atoms with Crippen molar-refractivity contribution in [2.24, 2.45) is 0 Å². The van der Waals surface area contributed by atoms with E-state index in [1.54, 1.807) is 4.57 Å². The minimum absolute atomic E-state index is 0.0269. The molecule has 0 fully saturated rings. The molecule has 0 aliphatic carbocycles. The molecule has 0 bridgehead atoms. The zero-order valence-corrected chi connectivity index (χ0v) is 16.9. The molecule has 0 atom stereocenters. The normalized spacial score (nSPS) is 11.1. The van der Waals surface area contributed by atoms with Gasteiger partial charge < -0.3 is 5.32 Å². The van der Waals surface area contributed by atoms with Gasteiger partial charge in [0.25, 0.3) is 5.56 Å². The van der Waals surface area contributed by atoms with Crippen LogP contribution in [0.2, 0.25) is 0 Å². The van der Waals surface area contributed by atoms with Crippen LogP contribution in [0.4, 0.5) is 5.69 Å². The Morgan fingerprint density at radius 1 is 1.31 bits per heavy atom. The number of amides is 1. The highest BCUT2D eigenvalue weighted by atomic mass is 32.2. The van der Waals surface area contributed by atoms with Crippen molar-refractivity contribution in [3.63, 3.8) is 0 Å².